The Balaban J connectivity index is 2.20. The Bertz CT molecular complexity index is 883. The van der Waals surface area contributed by atoms with Crippen LogP contribution in [-0.2, 0) is 6.54 Å². The SMILES string of the molecule is CC(C)c1cncc(-c2ccc3c(=O)[nH]nc(CN)c3c2)c1. The number of fused-ring (bicyclic) bond motifs is 1. The van der Waals surface area contributed by atoms with E-state index in [-0.39, 0.29) is 12.1 Å². The normalized spacial score (nSPS) is 11.3. The lowest BCUT2D eigenvalue weighted by Crippen LogP contribution is -2.13. The standard InChI is InChI=1S/C17H18N4O/c1-10(2)12-5-13(9-19-8-12)11-3-4-14-15(6-11)16(7-18)20-21-17(14)22/h3-6,8-10H,7,18H2,1-2H3,(H,21,22). The van der Waals surface area contributed by atoms with Crippen molar-refractivity contribution in [1.82, 2.24) is 15.2 Å². The van der Waals surface area contributed by atoms with Gasteiger partial charge < -0.3 is 5.73 Å². The molecule has 3 N–H and O–H groups in total. The fraction of sp³-hybridized carbons (Fsp3) is 0.235. The third-order valence-electron chi connectivity index (χ3n) is 3.82. The predicted molar refractivity (Wildman–Crippen MR) is 87.6 cm³/mol. The minimum absolute atomic E-state index is 0.201. The van der Waals surface area contributed by atoms with Crippen molar-refractivity contribution in [3.05, 3.63) is 58.3 Å². The molecule has 0 aliphatic rings. The lowest BCUT2D eigenvalue weighted by Gasteiger charge is -2.09. The van der Waals surface area contributed by atoms with Gasteiger partial charge in [-0.3, -0.25) is 9.78 Å². The molecule has 1 aromatic carbocycles. The van der Waals surface area contributed by atoms with Crippen LogP contribution in [0.25, 0.3) is 21.9 Å². The van der Waals surface area contributed by atoms with Crippen LogP contribution in [-0.4, -0.2) is 15.2 Å². The first-order chi connectivity index (χ1) is 10.6. The van der Waals surface area contributed by atoms with Crippen LogP contribution >= 0.6 is 0 Å². The molecular weight excluding hydrogens is 276 g/mol. The summed E-state index contributed by atoms with van der Waals surface area (Å²) in [6, 6.07) is 7.83. The van der Waals surface area contributed by atoms with E-state index in [0.717, 1.165) is 16.5 Å². The van der Waals surface area contributed by atoms with Crippen LogP contribution in [0, 0.1) is 0 Å². The fourth-order valence-electron chi connectivity index (χ4n) is 2.49. The smallest absolute Gasteiger partial charge is 0.272 e. The first-order valence-corrected chi connectivity index (χ1v) is 7.27. The molecule has 3 rings (SSSR count). The zero-order valence-corrected chi connectivity index (χ0v) is 12.6. The van der Waals surface area contributed by atoms with Crippen molar-refractivity contribution in [2.24, 2.45) is 5.73 Å². The number of pyridine rings is 1. The molecule has 5 nitrogen and oxygen atoms in total. The molecule has 0 aliphatic carbocycles. The Hall–Kier alpha value is -2.53. The Labute approximate surface area is 128 Å². The second-order valence-corrected chi connectivity index (χ2v) is 5.63. The molecule has 112 valence electrons. The average molecular weight is 294 g/mol. The molecule has 22 heavy (non-hydrogen) atoms. The molecule has 0 saturated carbocycles. The van der Waals surface area contributed by atoms with Gasteiger partial charge in [0, 0.05) is 29.9 Å². The van der Waals surface area contributed by atoms with Gasteiger partial charge in [-0.2, -0.15) is 5.10 Å². The monoisotopic (exact) mass is 294 g/mol. The molecule has 0 atom stereocenters. The summed E-state index contributed by atoms with van der Waals surface area (Å²) in [6.07, 6.45) is 3.71. The molecule has 0 saturated heterocycles. The summed E-state index contributed by atoms with van der Waals surface area (Å²) in [4.78, 5) is 16.2. The van der Waals surface area contributed by atoms with Gasteiger partial charge in [0.2, 0.25) is 0 Å². The molecule has 2 heterocycles. The third kappa shape index (κ3) is 2.51. The predicted octanol–water partition coefficient (Wildman–Crippen LogP) is 2.57. The van der Waals surface area contributed by atoms with E-state index >= 15 is 0 Å². The van der Waals surface area contributed by atoms with E-state index in [1.54, 1.807) is 0 Å². The van der Waals surface area contributed by atoms with Crippen molar-refractivity contribution >= 4 is 10.8 Å². The van der Waals surface area contributed by atoms with Crippen molar-refractivity contribution < 1.29 is 0 Å². The van der Waals surface area contributed by atoms with E-state index in [0.29, 0.717) is 17.0 Å². The number of nitrogens with zero attached hydrogens (tertiary/aromatic N) is 2. The van der Waals surface area contributed by atoms with Crippen molar-refractivity contribution in [2.45, 2.75) is 26.3 Å². The summed E-state index contributed by atoms with van der Waals surface area (Å²) in [5, 5.41) is 7.90. The lowest BCUT2D eigenvalue weighted by atomic mass is 9.98. The average Bonchev–Trinajstić information content (AvgIpc) is 2.55. The van der Waals surface area contributed by atoms with E-state index in [2.05, 4.69) is 35.1 Å². The molecule has 3 aromatic rings. The summed E-state index contributed by atoms with van der Waals surface area (Å²) >= 11 is 0. The molecule has 0 amide bonds. The molecule has 0 radical (unpaired) electrons. The van der Waals surface area contributed by atoms with Crippen molar-refractivity contribution in [3.63, 3.8) is 0 Å². The largest absolute Gasteiger partial charge is 0.325 e. The molecule has 0 aliphatic heterocycles. The third-order valence-corrected chi connectivity index (χ3v) is 3.82. The highest BCUT2D eigenvalue weighted by atomic mass is 16.1. The fourth-order valence-corrected chi connectivity index (χ4v) is 2.49. The maximum atomic E-state index is 11.9. The second-order valence-electron chi connectivity index (χ2n) is 5.63. The van der Waals surface area contributed by atoms with E-state index in [4.69, 9.17) is 5.73 Å². The van der Waals surface area contributed by atoms with E-state index in [1.165, 1.54) is 5.56 Å². The Kier molecular flexibility index (Phi) is 3.73. The van der Waals surface area contributed by atoms with Gasteiger partial charge in [0.1, 0.15) is 0 Å². The molecule has 2 aromatic heterocycles. The maximum absolute atomic E-state index is 11.9. The van der Waals surface area contributed by atoms with Crippen LogP contribution in [0.15, 0.2) is 41.5 Å². The lowest BCUT2D eigenvalue weighted by molar-refractivity contribution is 0.859. The molecule has 0 unspecified atom stereocenters. The minimum Gasteiger partial charge on any atom is -0.325 e. The van der Waals surface area contributed by atoms with Gasteiger partial charge in [-0.05, 0) is 35.2 Å². The highest BCUT2D eigenvalue weighted by Gasteiger charge is 2.09. The van der Waals surface area contributed by atoms with Crippen LogP contribution in [0.2, 0.25) is 0 Å². The number of benzene rings is 1. The molecule has 0 spiro atoms. The van der Waals surface area contributed by atoms with Gasteiger partial charge in [-0.25, -0.2) is 5.10 Å². The molecule has 5 heteroatoms. The van der Waals surface area contributed by atoms with Crippen LogP contribution < -0.4 is 11.3 Å². The van der Waals surface area contributed by atoms with Crippen LogP contribution in [0.5, 0.6) is 0 Å². The zero-order chi connectivity index (χ0) is 15.7. The van der Waals surface area contributed by atoms with Gasteiger partial charge in [0.05, 0.1) is 11.1 Å². The van der Waals surface area contributed by atoms with Gasteiger partial charge in [0.25, 0.3) is 5.56 Å². The summed E-state index contributed by atoms with van der Waals surface area (Å²) in [7, 11) is 0. The number of H-pyrrole nitrogens is 1. The maximum Gasteiger partial charge on any atom is 0.272 e. The van der Waals surface area contributed by atoms with Crippen molar-refractivity contribution in [2.75, 3.05) is 0 Å². The first-order valence-electron chi connectivity index (χ1n) is 7.27. The molecule has 0 bridgehead atoms. The summed E-state index contributed by atoms with van der Waals surface area (Å²) < 4.78 is 0. The van der Waals surface area contributed by atoms with Crippen LogP contribution in [0.4, 0.5) is 0 Å². The van der Waals surface area contributed by atoms with E-state index in [9.17, 15) is 4.79 Å². The van der Waals surface area contributed by atoms with Gasteiger partial charge in [-0.15, -0.1) is 0 Å². The number of hydrogen-bond acceptors (Lipinski definition) is 4. The van der Waals surface area contributed by atoms with Gasteiger partial charge >= 0.3 is 0 Å². The van der Waals surface area contributed by atoms with Crippen molar-refractivity contribution in [3.8, 4) is 11.1 Å². The number of aromatic amines is 1. The Morgan fingerprint density at radius 3 is 2.68 bits per heavy atom. The topological polar surface area (TPSA) is 84.7 Å². The summed E-state index contributed by atoms with van der Waals surface area (Å²) in [5.74, 6) is 0.414. The van der Waals surface area contributed by atoms with Gasteiger partial charge in [0.15, 0.2) is 0 Å². The van der Waals surface area contributed by atoms with Crippen molar-refractivity contribution in [1.29, 1.82) is 0 Å². The Morgan fingerprint density at radius 1 is 1.14 bits per heavy atom. The van der Waals surface area contributed by atoms with E-state index in [1.807, 2.05) is 30.6 Å². The molecular formula is C17H18N4O. The number of aromatic nitrogens is 3. The number of nitrogens with two attached hydrogens (primary N) is 1. The van der Waals surface area contributed by atoms with E-state index < -0.39 is 0 Å². The zero-order valence-electron chi connectivity index (χ0n) is 12.6. The number of rotatable bonds is 3. The first kappa shape index (κ1) is 14.4. The van der Waals surface area contributed by atoms with Gasteiger partial charge in [-0.1, -0.05) is 19.9 Å². The summed E-state index contributed by atoms with van der Waals surface area (Å²) in [6.45, 7) is 4.55. The van der Waals surface area contributed by atoms with Crippen LogP contribution in [0.1, 0.15) is 31.0 Å². The summed E-state index contributed by atoms with van der Waals surface area (Å²) in [5.41, 5.74) is 9.42. The highest BCUT2D eigenvalue weighted by molar-refractivity contribution is 5.88. The highest BCUT2D eigenvalue weighted by Crippen LogP contribution is 2.26. The second kappa shape index (κ2) is 5.69. The molecule has 0 fully saturated rings. The Morgan fingerprint density at radius 2 is 1.95 bits per heavy atom. The number of hydrogen-bond donors (Lipinski definition) is 2. The minimum atomic E-state index is -0.201. The van der Waals surface area contributed by atoms with Crippen LogP contribution in [0.3, 0.4) is 0 Å². The quantitative estimate of drug-likeness (QED) is 0.777. The number of nitrogens with one attached hydrogen (secondary N) is 1.